The number of benzene rings is 2. The van der Waals surface area contributed by atoms with E-state index in [9.17, 15) is 5.11 Å². The van der Waals surface area contributed by atoms with Gasteiger partial charge in [0.15, 0.2) is 5.75 Å². The number of hydrogen-bond acceptors (Lipinski definition) is 3. The Morgan fingerprint density at radius 3 is 2.50 bits per heavy atom. The Kier molecular flexibility index (Phi) is 3.38. The third kappa shape index (κ3) is 2.26. The highest BCUT2D eigenvalue weighted by Gasteiger charge is 2.09. The molecular weight excluding hydrogens is 297 g/mol. The van der Waals surface area contributed by atoms with Crippen LogP contribution in [-0.2, 0) is 0 Å². The Morgan fingerprint density at radius 2 is 1.75 bits per heavy atom. The van der Waals surface area contributed by atoms with Gasteiger partial charge in [-0.25, -0.2) is 0 Å². The molecule has 1 N–H and O–H groups in total. The second kappa shape index (κ2) is 5.19. The second-order valence-corrected chi connectivity index (χ2v) is 4.98. The van der Waals surface area contributed by atoms with Crippen LogP contribution in [0.1, 0.15) is 5.56 Å². The summed E-state index contributed by atoms with van der Waals surface area (Å²) in [6, 6.07) is 10.6. The van der Waals surface area contributed by atoms with Crippen LogP contribution < -0.4 is 0 Å². The lowest BCUT2D eigenvalue weighted by Gasteiger charge is -2.01. The molecule has 5 heteroatoms. The minimum absolute atomic E-state index is 0.0537. The summed E-state index contributed by atoms with van der Waals surface area (Å²) in [5.74, 6) is 0.0537. The van der Waals surface area contributed by atoms with Crippen LogP contribution in [0.25, 0.3) is 11.0 Å². The van der Waals surface area contributed by atoms with Crippen molar-refractivity contribution in [2.75, 3.05) is 0 Å². The molecule has 0 radical (unpaired) electrons. The lowest BCUT2D eigenvalue weighted by atomic mass is 10.2. The van der Waals surface area contributed by atoms with E-state index in [0.717, 1.165) is 0 Å². The van der Waals surface area contributed by atoms with Gasteiger partial charge in [0, 0.05) is 11.8 Å². The molecule has 3 nitrogen and oxygen atoms in total. The highest BCUT2D eigenvalue weighted by atomic mass is 35.5. The van der Waals surface area contributed by atoms with Gasteiger partial charge in [0.1, 0.15) is 11.8 Å². The quantitative estimate of drug-likeness (QED) is 0.662. The zero-order valence-corrected chi connectivity index (χ0v) is 11.7. The fourth-order valence-electron chi connectivity index (χ4n) is 1.93. The maximum absolute atomic E-state index is 9.78. The van der Waals surface area contributed by atoms with Crippen LogP contribution in [0, 0.1) is 0 Å². The van der Waals surface area contributed by atoms with Crippen molar-refractivity contribution in [1.29, 1.82) is 0 Å². The highest BCUT2D eigenvalue weighted by Crippen LogP contribution is 2.35. The summed E-state index contributed by atoms with van der Waals surface area (Å²) in [6.45, 7) is 0. The maximum Gasteiger partial charge on any atom is 0.164 e. The molecule has 1 heterocycles. The van der Waals surface area contributed by atoms with E-state index in [4.69, 9.17) is 27.6 Å². The molecule has 2 aromatic carbocycles. The zero-order valence-electron chi connectivity index (χ0n) is 10.2. The molecule has 3 aromatic rings. The van der Waals surface area contributed by atoms with Crippen molar-refractivity contribution in [3.8, 4) is 5.75 Å². The van der Waals surface area contributed by atoms with Gasteiger partial charge in [0.2, 0.25) is 0 Å². The minimum Gasteiger partial charge on any atom is -0.504 e. The van der Waals surface area contributed by atoms with E-state index in [1.165, 1.54) is 6.26 Å². The zero-order chi connectivity index (χ0) is 14.1. The first kappa shape index (κ1) is 13.0. The molecule has 0 fully saturated rings. The number of fused-ring (bicyclic) bond motifs is 1. The van der Waals surface area contributed by atoms with Crippen molar-refractivity contribution < 1.29 is 9.52 Å². The third-order valence-electron chi connectivity index (χ3n) is 2.89. The van der Waals surface area contributed by atoms with Crippen LogP contribution in [0.4, 0.5) is 5.69 Å². The van der Waals surface area contributed by atoms with Crippen LogP contribution in [0.3, 0.4) is 0 Å². The van der Waals surface area contributed by atoms with Gasteiger partial charge < -0.3 is 9.52 Å². The van der Waals surface area contributed by atoms with Gasteiger partial charge in [0.05, 0.1) is 21.1 Å². The predicted molar refractivity (Wildman–Crippen MR) is 81.6 cm³/mol. The Bertz CT molecular complexity index is 788. The summed E-state index contributed by atoms with van der Waals surface area (Å²) in [6.07, 6.45) is 2.86. The molecule has 0 atom stereocenters. The maximum atomic E-state index is 9.78. The smallest absolute Gasteiger partial charge is 0.164 e. The van der Waals surface area contributed by atoms with Crippen LogP contribution in [-0.4, -0.2) is 11.3 Å². The standard InChI is InChI=1S/C15H9Cl2NO2/c16-10-3-1-4-11(17)9(10)7-18-12-5-2-6-14-15(12)13(19)8-20-14/h1-8,19H. The van der Waals surface area contributed by atoms with Gasteiger partial charge >= 0.3 is 0 Å². The predicted octanol–water partition coefficient (Wildman–Crippen LogP) is 5.20. The average molecular weight is 306 g/mol. The lowest BCUT2D eigenvalue weighted by molar-refractivity contribution is 0.464. The molecule has 0 saturated heterocycles. The summed E-state index contributed by atoms with van der Waals surface area (Å²) >= 11 is 12.2. The van der Waals surface area contributed by atoms with Gasteiger partial charge in [0.25, 0.3) is 0 Å². The minimum atomic E-state index is 0.0537. The molecule has 0 bridgehead atoms. The van der Waals surface area contributed by atoms with Crippen molar-refractivity contribution in [3.05, 3.63) is 58.3 Å². The Hall–Kier alpha value is -1.97. The summed E-state index contributed by atoms with van der Waals surface area (Å²) in [5, 5.41) is 11.4. The molecule has 0 spiro atoms. The van der Waals surface area contributed by atoms with E-state index in [-0.39, 0.29) is 5.75 Å². The number of hydrogen-bond donors (Lipinski definition) is 1. The van der Waals surface area contributed by atoms with E-state index in [2.05, 4.69) is 4.99 Å². The molecule has 0 saturated carbocycles. The van der Waals surface area contributed by atoms with Gasteiger partial charge in [-0.2, -0.15) is 0 Å². The molecule has 0 unspecified atom stereocenters. The number of nitrogens with zero attached hydrogens (tertiary/aromatic N) is 1. The monoisotopic (exact) mass is 305 g/mol. The fourth-order valence-corrected chi connectivity index (χ4v) is 2.42. The van der Waals surface area contributed by atoms with Crippen molar-refractivity contribution in [1.82, 2.24) is 0 Å². The number of aliphatic imine (C=N–C) groups is 1. The van der Waals surface area contributed by atoms with Crippen molar-refractivity contribution in [3.63, 3.8) is 0 Å². The number of aromatic hydroxyl groups is 1. The van der Waals surface area contributed by atoms with Crippen LogP contribution >= 0.6 is 23.2 Å². The number of furan rings is 1. The first-order valence-corrected chi connectivity index (χ1v) is 6.59. The van der Waals surface area contributed by atoms with Gasteiger partial charge in [-0.15, -0.1) is 0 Å². The average Bonchev–Trinajstić information content (AvgIpc) is 2.81. The molecule has 0 aliphatic carbocycles. The second-order valence-electron chi connectivity index (χ2n) is 4.16. The van der Waals surface area contributed by atoms with Crippen molar-refractivity contribution in [2.45, 2.75) is 0 Å². The SMILES string of the molecule is Oc1coc2cccc(N=Cc3c(Cl)cccc3Cl)c12. The van der Waals surface area contributed by atoms with E-state index in [1.807, 2.05) is 0 Å². The van der Waals surface area contributed by atoms with Crippen LogP contribution in [0.15, 0.2) is 52.1 Å². The Balaban J connectivity index is 2.09. The summed E-state index contributed by atoms with van der Waals surface area (Å²) in [7, 11) is 0. The molecule has 0 aliphatic heterocycles. The van der Waals surface area contributed by atoms with E-state index in [0.29, 0.717) is 32.3 Å². The fraction of sp³-hybridized carbons (Fsp3) is 0. The number of halogens is 2. The first-order valence-electron chi connectivity index (χ1n) is 5.84. The summed E-state index contributed by atoms with van der Waals surface area (Å²) in [5.41, 5.74) is 1.79. The topological polar surface area (TPSA) is 45.7 Å². The van der Waals surface area contributed by atoms with Crippen LogP contribution in [0.5, 0.6) is 5.75 Å². The summed E-state index contributed by atoms with van der Waals surface area (Å²) < 4.78 is 5.21. The molecule has 0 aliphatic rings. The van der Waals surface area contributed by atoms with Gasteiger partial charge in [-0.3, -0.25) is 4.99 Å². The Morgan fingerprint density at radius 1 is 1.05 bits per heavy atom. The highest BCUT2D eigenvalue weighted by molar-refractivity contribution is 6.38. The largest absolute Gasteiger partial charge is 0.504 e. The van der Waals surface area contributed by atoms with Crippen molar-refractivity contribution >= 4 is 46.1 Å². The van der Waals surface area contributed by atoms with E-state index >= 15 is 0 Å². The molecule has 3 rings (SSSR count). The molecule has 1 aromatic heterocycles. The Labute approximate surface area is 125 Å². The molecule has 100 valence electrons. The van der Waals surface area contributed by atoms with Gasteiger partial charge in [-0.05, 0) is 24.3 Å². The first-order chi connectivity index (χ1) is 9.66. The number of rotatable bonds is 2. The molecular formula is C15H9Cl2NO2. The van der Waals surface area contributed by atoms with Crippen molar-refractivity contribution in [2.24, 2.45) is 4.99 Å². The van der Waals surface area contributed by atoms with Gasteiger partial charge in [-0.1, -0.05) is 35.3 Å². The molecule has 0 amide bonds. The summed E-state index contributed by atoms with van der Waals surface area (Å²) in [4.78, 5) is 4.35. The third-order valence-corrected chi connectivity index (χ3v) is 3.55. The van der Waals surface area contributed by atoms with E-state index < -0.39 is 0 Å². The van der Waals surface area contributed by atoms with E-state index in [1.54, 1.807) is 42.6 Å². The molecule has 20 heavy (non-hydrogen) atoms. The van der Waals surface area contributed by atoms with Crippen LogP contribution in [0.2, 0.25) is 10.0 Å². The lowest BCUT2D eigenvalue weighted by Crippen LogP contribution is -1.84. The normalized spacial score (nSPS) is 11.5.